The minimum atomic E-state index is -1.19. The molecule has 0 amide bonds. The number of benzene rings is 1. The second-order valence-electron chi connectivity index (χ2n) is 4.86. The van der Waals surface area contributed by atoms with Gasteiger partial charge in [0.15, 0.2) is 0 Å². The summed E-state index contributed by atoms with van der Waals surface area (Å²) in [5, 5.41) is 18.9. The van der Waals surface area contributed by atoms with Crippen LogP contribution in [-0.2, 0) is 6.54 Å². The molecular formula is C14H20N4O2. The molecule has 6 heteroatoms. The molecule has 2 aromatic rings. The van der Waals surface area contributed by atoms with Crippen LogP contribution in [0.2, 0.25) is 0 Å². The first-order chi connectivity index (χ1) is 9.65. The Morgan fingerprint density at radius 1 is 1.35 bits per heavy atom. The van der Waals surface area contributed by atoms with Gasteiger partial charge in [-0.05, 0) is 31.5 Å². The number of fused-ring (bicyclic) bond motifs is 1. The summed E-state index contributed by atoms with van der Waals surface area (Å²) in [5.41, 5.74) is 1.60. The van der Waals surface area contributed by atoms with Crippen molar-refractivity contribution in [1.82, 2.24) is 15.0 Å². The Labute approximate surface area is 118 Å². The summed E-state index contributed by atoms with van der Waals surface area (Å²) in [6, 6.07) is 4.78. The van der Waals surface area contributed by atoms with Gasteiger partial charge in [0.25, 0.3) is 0 Å². The molecule has 0 fully saturated rings. The van der Waals surface area contributed by atoms with Gasteiger partial charge < -0.3 is 14.8 Å². The van der Waals surface area contributed by atoms with Crippen LogP contribution in [0.5, 0.6) is 0 Å². The molecule has 1 heterocycles. The van der Waals surface area contributed by atoms with Crippen molar-refractivity contribution in [2.45, 2.75) is 26.8 Å². The summed E-state index contributed by atoms with van der Waals surface area (Å²) in [5.74, 6) is -1.19. The van der Waals surface area contributed by atoms with Gasteiger partial charge in [0.1, 0.15) is 5.52 Å². The summed E-state index contributed by atoms with van der Waals surface area (Å²) in [7, 11) is 0. The van der Waals surface area contributed by atoms with Gasteiger partial charge in [0, 0.05) is 13.0 Å². The summed E-state index contributed by atoms with van der Waals surface area (Å²) in [6.45, 7) is 8.53. The minimum absolute atomic E-state index is 0.136. The predicted octanol–water partition coefficient (Wildman–Crippen LogP) is -0.890. The third kappa shape index (κ3) is 3.14. The van der Waals surface area contributed by atoms with Crippen molar-refractivity contribution >= 4 is 17.0 Å². The zero-order valence-corrected chi connectivity index (χ0v) is 11.9. The lowest BCUT2D eigenvalue weighted by molar-refractivity contribution is -0.896. The Balaban J connectivity index is 2.06. The van der Waals surface area contributed by atoms with E-state index in [0.717, 1.165) is 38.1 Å². The highest BCUT2D eigenvalue weighted by atomic mass is 16.4. The molecule has 0 aliphatic carbocycles. The van der Waals surface area contributed by atoms with Crippen LogP contribution in [0, 0.1) is 0 Å². The van der Waals surface area contributed by atoms with Crippen LogP contribution in [0.15, 0.2) is 18.2 Å². The molecule has 1 aromatic carbocycles. The molecule has 0 saturated heterocycles. The van der Waals surface area contributed by atoms with Crippen molar-refractivity contribution < 1.29 is 14.8 Å². The first kappa shape index (κ1) is 14.5. The maximum atomic E-state index is 10.8. The second-order valence-corrected chi connectivity index (χ2v) is 4.86. The van der Waals surface area contributed by atoms with Crippen LogP contribution < -0.4 is 10.0 Å². The van der Waals surface area contributed by atoms with Gasteiger partial charge >= 0.3 is 0 Å². The van der Waals surface area contributed by atoms with E-state index >= 15 is 0 Å². The Morgan fingerprint density at radius 3 is 2.75 bits per heavy atom. The highest BCUT2D eigenvalue weighted by Crippen LogP contribution is 2.13. The number of aromatic nitrogens is 3. The molecule has 1 N–H and O–H groups in total. The number of carboxylic acids is 1. The topological polar surface area (TPSA) is 75.3 Å². The van der Waals surface area contributed by atoms with E-state index in [0.29, 0.717) is 5.52 Å². The number of carbonyl (C=O) groups is 1. The number of hydrogen-bond donors (Lipinski definition) is 1. The number of hydrogen-bond acceptors (Lipinski definition) is 4. The monoisotopic (exact) mass is 276 g/mol. The lowest BCUT2D eigenvalue weighted by Gasteiger charge is -2.14. The maximum Gasteiger partial charge on any atom is 0.113 e. The van der Waals surface area contributed by atoms with Gasteiger partial charge in [-0.2, -0.15) is 0 Å². The van der Waals surface area contributed by atoms with Crippen molar-refractivity contribution in [2.24, 2.45) is 0 Å². The average Bonchev–Trinajstić information content (AvgIpc) is 2.86. The van der Waals surface area contributed by atoms with E-state index in [9.17, 15) is 9.90 Å². The van der Waals surface area contributed by atoms with Crippen LogP contribution >= 0.6 is 0 Å². The third-order valence-corrected chi connectivity index (χ3v) is 3.65. The van der Waals surface area contributed by atoms with E-state index < -0.39 is 5.97 Å². The molecule has 20 heavy (non-hydrogen) atoms. The second kappa shape index (κ2) is 6.47. The molecular weight excluding hydrogens is 256 g/mol. The van der Waals surface area contributed by atoms with Crippen LogP contribution in [0.3, 0.4) is 0 Å². The first-order valence-corrected chi connectivity index (χ1v) is 7.03. The predicted molar refractivity (Wildman–Crippen MR) is 73.4 cm³/mol. The number of carbonyl (C=O) groups excluding carboxylic acids is 1. The SMILES string of the molecule is CC[NH+](CC)CCCn1nnc2cc(C(=O)[O-])ccc21. The molecule has 0 atom stereocenters. The fraction of sp³-hybridized carbons (Fsp3) is 0.500. The van der Waals surface area contributed by atoms with Crippen LogP contribution in [-0.4, -0.2) is 40.6 Å². The number of aryl methyl sites for hydroxylation is 1. The van der Waals surface area contributed by atoms with Gasteiger partial charge in [-0.3, -0.25) is 0 Å². The fourth-order valence-electron chi connectivity index (χ4n) is 2.35. The summed E-state index contributed by atoms with van der Waals surface area (Å²) >= 11 is 0. The van der Waals surface area contributed by atoms with Crippen molar-refractivity contribution in [2.75, 3.05) is 19.6 Å². The molecule has 0 radical (unpaired) electrons. The largest absolute Gasteiger partial charge is 0.545 e. The van der Waals surface area contributed by atoms with E-state index in [1.165, 1.54) is 12.1 Å². The maximum absolute atomic E-state index is 10.8. The zero-order chi connectivity index (χ0) is 14.5. The number of rotatable bonds is 7. The van der Waals surface area contributed by atoms with Crippen LogP contribution in [0.4, 0.5) is 0 Å². The summed E-state index contributed by atoms with van der Waals surface area (Å²) in [4.78, 5) is 12.4. The Hall–Kier alpha value is -1.95. The number of carboxylic acid groups (broad SMARTS) is 1. The molecule has 0 saturated carbocycles. The van der Waals surface area contributed by atoms with Crippen molar-refractivity contribution in [3.05, 3.63) is 23.8 Å². The standard InChI is InChI=1S/C14H20N4O2/c1-3-17(4-2)8-5-9-18-13-7-6-11(14(19)20)10-12(13)15-16-18/h6-7,10H,3-5,8-9H2,1-2H3,(H,19,20). The Kier molecular flexibility index (Phi) is 4.68. The highest BCUT2D eigenvalue weighted by molar-refractivity contribution is 5.90. The van der Waals surface area contributed by atoms with E-state index in [2.05, 4.69) is 24.2 Å². The van der Waals surface area contributed by atoms with E-state index in [1.807, 2.05) is 4.68 Å². The summed E-state index contributed by atoms with van der Waals surface area (Å²) in [6.07, 6.45) is 1.03. The van der Waals surface area contributed by atoms with Crippen molar-refractivity contribution in [1.29, 1.82) is 0 Å². The van der Waals surface area contributed by atoms with Gasteiger partial charge in [-0.15, -0.1) is 5.10 Å². The van der Waals surface area contributed by atoms with Gasteiger partial charge in [-0.1, -0.05) is 11.3 Å². The smallest absolute Gasteiger partial charge is 0.113 e. The number of quaternary nitrogens is 1. The molecule has 108 valence electrons. The van der Waals surface area contributed by atoms with E-state index in [-0.39, 0.29) is 5.56 Å². The first-order valence-electron chi connectivity index (χ1n) is 7.03. The van der Waals surface area contributed by atoms with E-state index in [1.54, 1.807) is 11.0 Å². The Bertz CT molecular complexity index is 590. The molecule has 6 nitrogen and oxygen atoms in total. The lowest BCUT2D eigenvalue weighted by atomic mass is 10.2. The quantitative estimate of drug-likeness (QED) is 0.712. The molecule has 0 unspecified atom stereocenters. The number of nitrogens with zero attached hydrogens (tertiary/aromatic N) is 3. The van der Waals surface area contributed by atoms with E-state index in [4.69, 9.17) is 0 Å². The molecule has 0 aliphatic heterocycles. The molecule has 0 aliphatic rings. The number of nitrogens with one attached hydrogen (secondary N) is 1. The van der Waals surface area contributed by atoms with Gasteiger partial charge in [0.2, 0.25) is 0 Å². The molecule has 2 rings (SSSR count). The van der Waals surface area contributed by atoms with Crippen LogP contribution in [0.25, 0.3) is 11.0 Å². The Morgan fingerprint density at radius 2 is 2.10 bits per heavy atom. The summed E-state index contributed by atoms with van der Waals surface area (Å²) < 4.78 is 1.83. The zero-order valence-electron chi connectivity index (χ0n) is 11.9. The molecule has 0 spiro atoms. The normalized spacial score (nSPS) is 11.3. The fourth-order valence-corrected chi connectivity index (χ4v) is 2.35. The lowest BCUT2D eigenvalue weighted by Crippen LogP contribution is -3.11. The minimum Gasteiger partial charge on any atom is -0.545 e. The van der Waals surface area contributed by atoms with Crippen LogP contribution in [0.1, 0.15) is 30.6 Å². The number of aromatic carboxylic acids is 1. The van der Waals surface area contributed by atoms with Gasteiger partial charge in [-0.25, -0.2) is 4.68 Å². The van der Waals surface area contributed by atoms with Crippen molar-refractivity contribution in [3.63, 3.8) is 0 Å². The average molecular weight is 276 g/mol. The highest BCUT2D eigenvalue weighted by Gasteiger charge is 2.07. The molecule has 1 aromatic heterocycles. The van der Waals surface area contributed by atoms with Crippen molar-refractivity contribution in [3.8, 4) is 0 Å². The van der Waals surface area contributed by atoms with Gasteiger partial charge in [0.05, 0.1) is 31.1 Å². The molecule has 0 bridgehead atoms. The third-order valence-electron chi connectivity index (χ3n) is 3.65.